The van der Waals surface area contributed by atoms with Crippen LogP contribution in [0.3, 0.4) is 0 Å². The van der Waals surface area contributed by atoms with Crippen LogP contribution in [0, 0.1) is 5.92 Å². The Labute approximate surface area is 177 Å². The Balaban J connectivity index is 2.37. The van der Waals surface area contributed by atoms with E-state index < -0.39 is 22.0 Å². The zero-order valence-electron chi connectivity index (χ0n) is 17.3. The van der Waals surface area contributed by atoms with E-state index in [0.29, 0.717) is 17.9 Å². The van der Waals surface area contributed by atoms with E-state index in [-0.39, 0.29) is 30.2 Å². The minimum atomic E-state index is -3.77. The Hall–Kier alpha value is -2.87. The van der Waals surface area contributed by atoms with Crippen LogP contribution in [-0.2, 0) is 21.3 Å². The van der Waals surface area contributed by atoms with Gasteiger partial charge in [-0.1, -0.05) is 50.2 Å². The first-order valence-corrected chi connectivity index (χ1v) is 11.5. The van der Waals surface area contributed by atoms with Gasteiger partial charge in [0.1, 0.15) is 5.75 Å². The van der Waals surface area contributed by atoms with Crippen LogP contribution in [0.5, 0.6) is 5.75 Å². The fourth-order valence-corrected chi connectivity index (χ4v) is 3.58. The molecule has 8 heteroatoms. The number of amides is 1. The van der Waals surface area contributed by atoms with Crippen LogP contribution in [0.2, 0.25) is 0 Å². The number of aliphatic carboxylic acids is 1. The van der Waals surface area contributed by atoms with Gasteiger partial charge in [-0.25, -0.2) is 0 Å². The zero-order valence-corrected chi connectivity index (χ0v) is 18.1. The predicted octanol–water partition coefficient (Wildman–Crippen LogP) is 3.56. The van der Waals surface area contributed by atoms with Crippen molar-refractivity contribution in [1.29, 1.82) is 0 Å². The van der Waals surface area contributed by atoms with Crippen molar-refractivity contribution in [2.75, 3.05) is 6.26 Å². The number of carboxylic acids is 1. The van der Waals surface area contributed by atoms with E-state index in [0.717, 1.165) is 11.8 Å². The average Bonchev–Trinajstić information content (AvgIpc) is 2.65. The first kappa shape index (κ1) is 23.4. The third-order valence-corrected chi connectivity index (χ3v) is 4.89. The molecule has 0 saturated heterocycles. The van der Waals surface area contributed by atoms with Crippen molar-refractivity contribution in [3.8, 4) is 5.75 Å². The van der Waals surface area contributed by atoms with Crippen molar-refractivity contribution in [2.24, 2.45) is 5.92 Å². The topological polar surface area (TPSA) is 110 Å². The molecule has 0 spiro atoms. The molecule has 0 bridgehead atoms. The summed E-state index contributed by atoms with van der Waals surface area (Å²) in [7, 11) is -3.77. The van der Waals surface area contributed by atoms with Gasteiger partial charge in [-0.15, -0.1) is 0 Å². The number of aryl methyl sites for hydroxylation is 1. The van der Waals surface area contributed by atoms with E-state index in [4.69, 9.17) is 9.29 Å². The molecule has 0 aliphatic heterocycles. The van der Waals surface area contributed by atoms with E-state index in [1.165, 1.54) is 18.2 Å². The summed E-state index contributed by atoms with van der Waals surface area (Å²) in [5, 5.41) is 12.0. The molecule has 0 heterocycles. The normalized spacial score (nSPS) is 12.4. The van der Waals surface area contributed by atoms with Gasteiger partial charge in [-0.2, -0.15) is 8.42 Å². The van der Waals surface area contributed by atoms with Gasteiger partial charge in [0, 0.05) is 12.0 Å². The Morgan fingerprint density at radius 2 is 1.77 bits per heavy atom. The van der Waals surface area contributed by atoms with Gasteiger partial charge in [-0.05, 0) is 42.0 Å². The summed E-state index contributed by atoms with van der Waals surface area (Å²) >= 11 is 0. The smallest absolute Gasteiger partial charge is 0.306 e. The highest BCUT2D eigenvalue weighted by molar-refractivity contribution is 7.86. The largest absolute Gasteiger partial charge is 0.481 e. The summed E-state index contributed by atoms with van der Waals surface area (Å²) in [5.74, 6) is -1.08. The van der Waals surface area contributed by atoms with Crippen molar-refractivity contribution in [1.82, 2.24) is 5.32 Å². The lowest BCUT2D eigenvalue weighted by molar-refractivity contribution is -0.136. The maximum atomic E-state index is 13.1. The van der Waals surface area contributed by atoms with Gasteiger partial charge >= 0.3 is 16.1 Å². The van der Waals surface area contributed by atoms with Gasteiger partial charge < -0.3 is 14.6 Å². The average molecular weight is 434 g/mol. The minimum Gasteiger partial charge on any atom is -0.481 e. The van der Waals surface area contributed by atoms with Crippen LogP contribution in [-0.4, -0.2) is 31.7 Å². The second-order valence-electron chi connectivity index (χ2n) is 7.57. The fraction of sp³-hybridized carbons (Fsp3) is 0.364. The number of benzene rings is 2. The summed E-state index contributed by atoms with van der Waals surface area (Å²) in [4.78, 5) is 24.1. The third-order valence-electron chi connectivity index (χ3n) is 4.40. The summed E-state index contributed by atoms with van der Waals surface area (Å²) in [6.45, 7) is 4.11. The van der Waals surface area contributed by atoms with Gasteiger partial charge in [0.2, 0.25) is 0 Å². The Morgan fingerprint density at radius 3 is 2.33 bits per heavy atom. The molecule has 1 amide bonds. The third kappa shape index (κ3) is 7.51. The van der Waals surface area contributed by atoms with Gasteiger partial charge in [0.25, 0.3) is 5.91 Å². The second-order valence-corrected chi connectivity index (χ2v) is 9.14. The highest BCUT2D eigenvalue weighted by Crippen LogP contribution is 2.25. The molecule has 0 fully saturated rings. The molecule has 2 aromatic carbocycles. The molecule has 0 aliphatic carbocycles. The number of hydrogen-bond donors (Lipinski definition) is 2. The van der Waals surface area contributed by atoms with Crippen LogP contribution in [0.4, 0.5) is 0 Å². The zero-order chi connectivity index (χ0) is 22.3. The molecular weight excluding hydrogens is 406 g/mol. The quantitative estimate of drug-likeness (QED) is 0.555. The molecule has 7 nitrogen and oxygen atoms in total. The molecule has 0 aliphatic rings. The van der Waals surface area contributed by atoms with E-state index in [1.807, 2.05) is 30.3 Å². The van der Waals surface area contributed by atoms with E-state index in [9.17, 15) is 18.0 Å². The van der Waals surface area contributed by atoms with Crippen molar-refractivity contribution >= 4 is 22.0 Å². The predicted molar refractivity (Wildman–Crippen MR) is 114 cm³/mol. The number of carbonyl (C=O) groups excluding carboxylic acids is 1. The lowest BCUT2D eigenvalue weighted by Gasteiger charge is -2.22. The molecule has 0 saturated carbocycles. The molecule has 2 N–H and O–H groups in total. The summed E-state index contributed by atoms with van der Waals surface area (Å²) in [6.07, 6.45) is 1.61. The molecule has 2 rings (SSSR count). The van der Waals surface area contributed by atoms with E-state index >= 15 is 0 Å². The van der Waals surface area contributed by atoms with Gasteiger partial charge in [0.05, 0.1) is 12.3 Å². The highest BCUT2D eigenvalue weighted by Gasteiger charge is 2.20. The van der Waals surface area contributed by atoms with Crippen LogP contribution >= 0.6 is 0 Å². The number of nitrogens with one attached hydrogen (secondary N) is 1. The minimum absolute atomic E-state index is 0.00171. The van der Waals surface area contributed by atoms with Gasteiger partial charge in [0.15, 0.2) is 0 Å². The molecule has 2 aromatic rings. The molecular formula is C22H27NO6S. The van der Waals surface area contributed by atoms with E-state index in [2.05, 4.69) is 19.2 Å². The van der Waals surface area contributed by atoms with Crippen LogP contribution in [0.15, 0.2) is 48.5 Å². The lowest BCUT2D eigenvalue weighted by Crippen LogP contribution is -2.30. The number of carbonyl (C=O) groups is 2. The number of carboxylic acid groups (broad SMARTS) is 1. The first-order chi connectivity index (χ1) is 14.0. The van der Waals surface area contributed by atoms with Crippen molar-refractivity contribution < 1.29 is 27.3 Å². The molecule has 30 heavy (non-hydrogen) atoms. The van der Waals surface area contributed by atoms with Gasteiger partial charge in [-0.3, -0.25) is 9.59 Å². The van der Waals surface area contributed by atoms with Crippen LogP contribution in [0.1, 0.15) is 54.2 Å². The summed E-state index contributed by atoms with van der Waals surface area (Å²) < 4.78 is 27.8. The van der Waals surface area contributed by atoms with Crippen molar-refractivity contribution in [2.45, 2.75) is 39.2 Å². The van der Waals surface area contributed by atoms with Crippen molar-refractivity contribution in [3.63, 3.8) is 0 Å². The first-order valence-electron chi connectivity index (χ1n) is 9.65. The standard InChI is InChI=1S/C22H27NO6S/c1-15(2)13-20(17-7-5-4-6-8-17)23-22(26)19-14-18(29-30(3,27)28)11-9-16(19)10-12-21(24)25/h4-9,11,14-15,20H,10,12-13H2,1-3H3,(H,23,26)(H,24,25). The fourth-order valence-electron chi connectivity index (χ4n) is 3.12. The van der Waals surface area contributed by atoms with Crippen LogP contribution < -0.4 is 9.50 Å². The Bertz CT molecular complexity index is 986. The Kier molecular flexibility index (Phi) is 8.00. The molecule has 1 atom stereocenters. The Morgan fingerprint density at radius 1 is 1.10 bits per heavy atom. The molecule has 0 aromatic heterocycles. The van der Waals surface area contributed by atoms with E-state index in [1.54, 1.807) is 0 Å². The molecule has 1 unspecified atom stereocenters. The molecule has 162 valence electrons. The second kappa shape index (κ2) is 10.2. The maximum Gasteiger partial charge on any atom is 0.306 e. The SMILES string of the molecule is CC(C)CC(NC(=O)c1cc(OS(C)(=O)=O)ccc1CCC(=O)O)c1ccccc1. The lowest BCUT2D eigenvalue weighted by atomic mass is 9.95. The molecule has 0 radical (unpaired) electrons. The van der Waals surface area contributed by atoms with Crippen molar-refractivity contribution in [3.05, 3.63) is 65.2 Å². The summed E-state index contributed by atoms with van der Waals surface area (Å²) in [5.41, 5.74) is 1.66. The van der Waals surface area contributed by atoms with Crippen LogP contribution in [0.25, 0.3) is 0 Å². The highest BCUT2D eigenvalue weighted by atomic mass is 32.2. The summed E-state index contributed by atoms with van der Waals surface area (Å²) in [6, 6.07) is 13.6. The number of rotatable bonds is 10. The maximum absolute atomic E-state index is 13.1. The number of hydrogen-bond acceptors (Lipinski definition) is 5. The monoisotopic (exact) mass is 433 g/mol.